The molecule has 1 heterocycles. The van der Waals surface area contributed by atoms with E-state index in [1.807, 2.05) is 24.3 Å². The van der Waals surface area contributed by atoms with E-state index in [4.69, 9.17) is 4.74 Å². The third-order valence-electron chi connectivity index (χ3n) is 6.20. The van der Waals surface area contributed by atoms with E-state index in [0.29, 0.717) is 11.6 Å². The monoisotopic (exact) mass is 510 g/mol. The van der Waals surface area contributed by atoms with Gasteiger partial charge >= 0.3 is 0 Å². The van der Waals surface area contributed by atoms with E-state index in [1.165, 1.54) is 5.56 Å². The molecule has 0 spiro atoms. The average molecular weight is 511 g/mol. The second kappa shape index (κ2) is 8.30. The topological polar surface area (TPSA) is 67.4 Å². The van der Waals surface area contributed by atoms with Crippen molar-refractivity contribution in [3.05, 3.63) is 94.5 Å². The molecule has 0 fully saturated rings. The minimum atomic E-state index is -3.70. The van der Waals surface area contributed by atoms with Crippen molar-refractivity contribution < 1.29 is 13.2 Å². The minimum absolute atomic E-state index is 0.149. The molecule has 3 atom stereocenters. The number of nitrogens with one attached hydrogen (secondary N) is 2. The molecule has 5 rings (SSSR count). The standard InChI is InChI=1S/C25H23BrN2O3S/c1-31-19-10-8-16(9-11-19)25-22-7-3-6-21(22)23-15-20(12-13-24(23)27-25)32(29,30)28-18-5-2-4-17(26)14-18/h2-6,8-15,21-22,25,27-28H,7H2,1H3/t21-,22+,25+/m0/s1. The molecule has 3 aromatic rings. The highest BCUT2D eigenvalue weighted by atomic mass is 79.9. The van der Waals surface area contributed by atoms with Crippen molar-refractivity contribution in [1.29, 1.82) is 0 Å². The molecule has 0 aromatic heterocycles. The molecule has 0 saturated heterocycles. The summed E-state index contributed by atoms with van der Waals surface area (Å²) in [5.74, 6) is 1.32. The summed E-state index contributed by atoms with van der Waals surface area (Å²) in [5, 5.41) is 3.66. The third-order valence-corrected chi connectivity index (χ3v) is 8.07. The van der Waals surface area contributed by atoms with E-state index in [0.717, 1.165) is 27.9 Å². The fourth-order valence-corrected chi connectivity index (χ4v) is 6.13. The van der Waals surface area contributed by atoms with Gasteiger partial charge in [-0.05, 0) is 72.0 Å². The molecule has 2 N–H and O–H groups in total. The van der Waals surface area contributed by atoms with Crippen molar-refractivity contribution >= 4 is 37.3 Å². The largest absolute Gasteiger partial charge is 0.497 e. The van der Waals surface area contributed by atoms with Gasteiger partial charge < -0.3 is 10.1 Å². The summed E-state index contributed by atoms with van der Waals surface area (Å²) in [6, 6.07) is 20.8. The lowest BCUT2D eigenvalue weighted by atomic mass is 9.77. The summed E-state index contributed by atoms with van der Waals surface area (Å²) in [5.41, 5.74) is 3.71. The van der Waals surface area contributed by atoms with Gasteiger partial charge in [-0.25, -0.2) is 8.42 Å². The number of methoxy groups -OCH3 is 1. The van der Waals surface area contributed by atoms with E-state index >= 15 is 0 Å². The van der Waals surface area contributed by atoms with Crippen LogP contribution in [0.4, 0.5) is 11.4 Å². The van der Waals surface area contributed by atoms with Crippen LogP contribution in [-0.2, 0) is 10.0 Å². The summed E-state index contributed by atoms with van der Waals surface area (Å²) in [6.45, 7) is 0. The Balaban J connectivity index is 1.47. The fraction of sp³-hybridized carbons (Fsp3) is 0.200. The number of ether oxygens (including phenoxy) is 1. The molecule has 5 nitrogen and oxygen atoms in total. The Kier molecular flexibility index (Phi) is 5.47. The number of hydrogen-bond acceptors (Lipinski definition) is 4. The van der Waals surface area contributed by atoms with Gasteiger partial charge in [-0.1, -0.05) is 46.3 Å². The quantitative estimate of drug-likeness (QED) is 0.407. The Morgan fingerprint density at radius 3 is 2.62 bits per heavy atom. The van der Waals surface area contributed by atoms with Gasteiger partial charge in [-0.15, -0.1) is 0 Å². The van der Waals surface area contributed by atoms with Crippen molar-refractivity contribution in [3.63, 3.8) is 0 Å². The first-order valence-corrected chi connectivity index (χ1v) is 12.7. The van der Waals surface area contributed by atoms with Crippen molar-refractivity contribution in [3.8, 4) is 5.75 Å². The summed E-state index contributed by atoms with van der Waals surface area (Å²) in [6.07, 6.45) is 5.35. The van der Waals surface area contributed by atoms with Gasteiger partial charge in [0.15, 0.2) is 0 Å². The van der Waals surface area contributed by atoms with Gasteiger partial charge in [0, 0.05) is 21.8 Å². The summed E-state index contributed by atoms with van der Waals surface area (Å²) in [4.78, 5) is 0.264. The lowest BCUT2D eigenvalue weighted by Gasteiger charge is -2.37. The van der Waals surface area contributed by atoms with Crippen LogP contribution in [0.2, 0.25) is 0 Å². The molecule has 0 amide bonds. The molecule has 32 heavy (non-hydrogen) atoms. The second-order valence-corrected chi connectivity index (χ2v) is 10.7. The Morgan fingerprint density at radius 2 is 1.88 bits per heavy atom. The number of fused-ring (bicyclic) bond motifs is 3. The van der Waals surface area contributed by atoms with E-state index in [2.05, 4.69) is 50.3 Å². The maximum Gasteiger partial charge on any atom is 0.261 e. The molecular formula is C25H23BrN2O3S. The predicted octanol–water partition coefficient (Wildman–Crippen LogP) is 6.09. The van der Waals surface area contributed by atoms with Crippen molar-refractivity contribution in [2.75, 3.05) is 17.1 Å². The van der Waals surface area contributed by atoms with Gasteiger partial charge in [0.25, 0.3) is 10.0 Å². The van der Waals surface area contributed by atoms with Gasteiger partial charge in [0.2, 0.25) is 0 Å². The van der Waals surface area contributed by atoms with Crippen LogP contribution in [0.3, 0.4) is 0 Å². The molecule has 0 bridgehead atoms. The Morgan fingerprint density at radius 1 is 1.06 bits per heavy atom. The number of benzene rings is 3. The van der Waals surface area contributed by atoms with Gasteiger partial charge in [-0.3, -0.25) is 4.72 Å². The second-order valence-electron chi connectivity index (χ2n) is 8.11. The Bertz CT molecular complexity index is 1290. The first kappa shape index (κ1) is 21.1. The normalized spacial score (nSPS) is 21.4. The van der Waals surface area contributed by atoms with Crippen LogP contribution in [0.15, 0.2) is 88.3 Å². The molecule has 1 aliphatic carbocycles. The van der Waals surface area contributed by atoms with E-state index in [-0.39, 0.29) is 16.9 Å². The molecular weight excluding hydrogens is 488 g/mol. The zero-order valence-electron chi connectivity index (χ0n) is 17.5. The molecule has 0 unspecified atom stereocenters. The van der Waals surface area contributed by atoms with Crippen LogP contribution in [0.5, 0.6) is 5.75 Å². The number of allylic oxidation sites excluding steroid dienone is 2. The first-order chi connectivity index (χ1) is 15.4. The lowest BCUT2D eigenvalue weighted by molar-refractivity contribution is 0.411. The predicted molar refractivity (Wildman–Crippen MR) is 131 cm³/mol. The van der Waals surface area contributed by atoms with E-state index in [9.17, 15) is 8.42 Å². The molecule has 1 aliphatic heterocycles. The molecule has 3 aromatic carbocycles. The van der Waals surface area contributed by atoms with Gasteiger partial charge in [-0.2, -0.15) is 0 Å². The van der Waals surface area contributed by atoms with Crippen LogP contribution in [-0.4, -0.2) is 15.5 Å². The highest BCUT2D eigenvalue weighted by molar-refractivity contribution is 9.10. The molecule has 0 radical (unpaired) electrons. The zero-order valence-corrected chi connectivity index (χ0v) is 19.9. The molecule has 7 heteroatoms. The van der Waals surface area contributed by atoms with Crippen LogP contribution < -0.4 is 14.8 Å². The van der Waals surface area contributed by atoms with Crippen molar-refractivity contribution in [2.24, 2.45) is 5.92 Å². The Hall–Kier alpha value is -2.77. The fourth-order valence-electron chi connectivity index (χ4n) is 4.65. The summed E-state index contributed by atoms with van der Waals surface area (Å²) < 4.78 is 34.9. The summed E-state index contributed by atoms with van der Waals surface area (Å²) >= 11 is 3.38. The number of rotatable bonds is 5. The van der Waals surface area contributed by atoms with Crippen LogP contribution >= 0.6 is 15.9 Å². The number of sulfonamides is 1. The third kappa shape index (κ3) is 3.91. The van der Waals surface area contributed by atoms with E-state index in [1.54, 1.807) is 37.4 Å². The van der Waals surface area contributed by atoms with Crippen LogP contribution in [0.1, 0.15) is 29.5 Å². The highest BCUT2D eigenvalue weighted by Gasteiger charge is 2.38. The van der Waals surface area contributed by atoms with Crippen molar-refractivity contribution in [2.45, 2.75) is 23.3 Å². The van der Waals surface area contributed by atoms with E-state index < -0.39 is 10.0 Å². The van der Waals surface area contributed by atoms with Gasteiger partial charge in [0.1, 0.15) is 5.75 Å². The number of anilines is 2. The smallest absolute Gasteiger partial charge is 0.261 e. The highest BCUT2D eigenvalue weighted by Crippen LogP contribution is 2.50. The number of halogens is 1. The number of hydrogen-bond donors (Lipinski definition) is 2. The average Bonchev–Trinajstić information content (AvgIpc) is 3.28. The molecule has 0 saturated carbocycles. The maximum atomic E-state index is 13.1. The summed E-state index contributed by atoms with van der Waals surface area (Å²) in [7, 11) is -2.04. The molecule has 164 valence electrons. The van der Waals surface area contributed by atoms with Crippen LogP contribution in [0.25, 0.3) is 0 Å². The maximum absolute atomic E-state index is 13.1. The van der Waals surface area contributed by atoms with Gasteiger partial charge in [0.05, 0.1) is 18.0 Å². The molecule has 2 aliphatic rings. The van der Waals surface area contributed by atoms with Crippen molar-refractivity contribution in [1.82, 2.24) is 0 Å². The Labute approximate surface area is 196 Å². The lowest BCUT2D eigenvalue weighted by Crippen LogP contribution is -2.29. The minimum Gasteiger partial charge on any atom is -0.497 e. The SMILES string of the molecule is COc1ccc([C@H]2Nc3ccc(S(=O)(=O)Nc4cccc(Br)c4)cc3[C@H]3C=CC[C@H]32)cc1. The van der Waals surface area contributed by atoms with Crippen LogP contribution in [0, 0.1) is 5.92 Å². The zero-order chi connectivity index (χ0) is 22.3. The first-order valence-electron chi connectivity index (χ1n) is 10.4.